The first kappa shape index (κ1) is 15.5. The smallest absolute Gasteiger partial charge is 0.169 e. The van der Waals surface area contributed by atoms with Gasteiger partial charge in [0.05, 0.1) is 32.7 Å². The van der Waals surface area contributed by atoms with Gasteiger partial charge in [-0.25, -0.2) is 0 Å². The number of nitrogens with zero attached hydrogens (tertiary/aromatic N) is 1. The molecule has 0 radical (unpaired) electrons. The molecule has 0 bridgehead atoms. The zero-order valence-electron chi connectivity index (χ0n) is 12.0. The third-order valence-electron chi connectivity index (χ3n) is 3.72. The first-order chi connectivity index (χ1) is 9.69. The third-order valence-corrected chi connectivity index (χ3v) is 4.37. The number of rotatable bonds is 4. The van der Waals surface area contributed by atoms with Gasteiger partial charge in [-0.15, -0.1) is 0 Å². The Hall–Kier alpha value is -0.840. The molecule has 1 saturated heterocycles. The summed E-state index contributed by atoms with van der Waals surface area (Å²) >= 11 is 11.4. The van der Waals surface area contributed by atoms with Crippen LogP contribution in [0.1, 0.15) is 18.9 Å². The number of hydrogen-bond acceptors (Lipinski definition) is 1. The summed E-state index contributed by atoms with van der Waals surface area (Å²) in [5, 5.41) is 4.98. The molecule has 0 unspecified atom stereocenters. The molecule has 1 aromatic carbocycles. The molecule has 2 N–H and O–H groups in total. The Morgan fingerprint density at radius 1 is 1.30 bits per heavy atom. The largest absolute Gasteiger partial charge is 0.358 e. The van der Waals surface area contributed by atoms with E-state index in [1.165, 1.54) is 31.6 Å². The number of benzene rings is 1. The zero-order valence-corrected chi connectivity index (χ0v) is 13.6. The van der Waals surface area contributed by atoms with Crippen molar-refractivity contribution in [2.24, 2.45) is 0 Å². The Morgan fingerprint density at radius 3 is 2.55 bits per heavy atom. The maximum absolute atomic E-state index is 5.88. The highest BCUT2D eigenvalue weighted by Gasteiger charge is 2.20. The van der Waals surface area contributed by atoms with E-state index in [0.29, 0.717) is 0 Å². The molecule has 1 aliphatic rings. The quantitative estimate of drug-likeness (QED) is 0.818. The lowest BCUT2D eigenvalue weighted by molar-refractivity contribution is -0.903. The second-order valence-corrected chi connectivity index (χ2v) is 6.10. The fourth-order valence-electron chi connectivity index (χ4n) is 2.52. The average Bonchev–Trinajstić information content (AvgIpc) is 2.47. The molecule has 1 heterocycles. The molecule has 20 heavy (non-hydrogen) atoms. The van der Waals surface area contributed by atoms with Gasteiger partial charge in [0.15, 0.2) is 5.11 Å². The number of piperazine rings is 1. The van der Waals surface area contributed by atoms with Crippen molar-refractivity contribution in [3.63, 3.8) is 0 Å². The summed E-state index contributed by atoms with van der Waals surface area (Å²) in [4.78, 5) is 3.98. The number of halogens is 1. The molecule has 1 fully saturated rings. The van der Waals surface area contributed by atoms with Crippen molar-refractivity contribution in [3.8, 4) is 0 Å². The van der Waals surface area contributed by atoms with Crippen LogP contribution >= 0.6 is 23.8 Å². The van der Waals surface area contributed by atoms with Crippen LogP contribution < -0.4 is 10.2 Å². The standard InChI is InChI=1S/C15H22ClN3S/c1-2-7-18-8-10-19(11-9-18)15(20)17-12-13-3-5-14(16)6-4-13/h3-6H,2,7-12H2,1H3,(H,17,20)/p+1. The summed E-state index contributed by atoms with van der Waals surface area (Å²) in [5.41, 5.74) is 1.20. The maximum Gasteiger partial charge on any atom is 0.169 e. The molecule has 1 aromatic rings. The van der Waals surface area contributed by atoms with Crippen molar-refractivity contribution in [1.29, 1.82) is 0 Å². The van der Waals surface area contributed by atoms with E-state index in [2.05, 4.69) is 17.1 Å². The van der Waals surface area contributed by atoms with Crippen LogP contribution in [0.25, 0.3) is 0 Å². The molecular weight excluding hydrogens is 290 g/mol. The summed E-state index contributed by atoms with van der Waals surface area (Å²) in [6.45, 7) is 8.78. The maximum atomic E-state index is 5.88. The van der Waals surface area contributed by atoms with Crippen molar-refractivity contribution in [1.82, 2.24) is 10.2 Å². The number of quaternary nitrogens is 1. The van der Waals surface area contributed by atoms with Crippen molar-refractivity contribution >= 4 is 28.9 Å². The molecule has 0 atom stereocenters. The molecule has 3 nitrogen and oxygen atoms in total. The lowest BCUT2D eigenvalue weighted by Crippen LogP contribution is -3.14. The van der Waals surface area contributed by atoms with Crippen molar-refractivity contribution < 1.29 is 4.90 Å². The van der Waals surface area contributed by atoms with Crippen molar-refractivity contribution in [2.45, 2.75) is 19.9 Å². The van der Waals surface area contributed by atoms with E-state index in [1.807, 2.05) is 24.3 Å². The average molecular weight is 313 g/mol. The molecule has 0 aliphatic carbocycles. The van der Waals surface area contributed by atoms with Crippen LogP contribution in [-0.2, 0) is 6.54 Å². The van der Waals surface area contributed by atoms with Gasteiger partial charge in [0.25, 0.3) is 0 Å². The van der Waals surface area contributed by atoms with Gasteiger partial charge in [-0.3, -0.25) is 0 Å². The number of nitrogens with one attached hydrogen (secondary N) is 2. The fourth-order valence-corrected chi connectivity index (χ4v) is 2.90. The van der Waals surface area contributed by atoms with Crippen LogP contribution in [-0.4, -0.2) is 42.7 Å². The number of thiocarbonyl (C=S) groups is 1. The van der Waals surface area contributed by atoms with Crippen molar-refractivity contribution in [3.05, 3.63) is 34.9 Å². The molecule has 0 saturated carbocycles. The lowest BCUT2D eigenvalue weighted by Gasteiger charge is -2.33. The lowest BCUT2D eigenvalue weighted by atomic mass is 10.2. The Labute approximate surface area is 131 Å². The molecule has 0 spiro atoms. The summed E-state index contributed by atoms with van der Waals surface area (Å²) in [5.74, 6) is 0. The highest BCUT2D eigenvalue weighted by Crippen LogP contribution is 2.09. The summed E-state index contributed by atoms with van der Waals surface area (Å²) in [7, 11) is 0. The van der Waals surface area contributed by atoms with Crippen LogP contribution in [0.3, 0.4) is 0 Å². The van der Waals surface area contributed by atoms with Crippen LogP contribution in [0.15, 0.2) is 24.3 Å². The highest BCUT2D eigenvalue weighted by atomic mass is 35.5. The van der Waals surface area contributed by atoms with E-state index in [-0.39, 0.29) is 0 Å². The summed E-state index contributed by atoms with van der Waals surface area (Å²) in [6.07, 6.45) is 1.26. The van der Waals surface area contributed by atoms with Gasteiger partial charge >= 0.3 is 0 Å². The van der Waals surface area contributed by atoms with Gasteiger partial charge in [-0.2, -0.15) is 0 Å². The summed E-state index contributed by atoms with van der Waals surface area (Å²) < 4.78 is 0. The van der Waals surface area contributed by atoms with E-state index < -0.39 is 0 Å². The highest BCUT2D eigenvalue weighted by molar-refractivity contribution is 7.80. The first-order valence-electron chi connectivity index (χ1n) is 7.30. The second-order valence-electron chi connectivity index (χ2n) is 5.27. The normalized spacial score (nSPS) is 16.2. The molecule has 2 rings (SSSR count). The third kappa shape index (κ3) is 4.62. The minimum absolute atomic E-state index is 0.762. The Balaban J connectivity index is 1.74. The number of hydrogen-bond donors (Lipinski definition) is 2. The van der Waals surface area contributed by atoms with E-state index in [4.69, 9.17) is 23.8 Å². The summed E-state index contributed by atoms with van der Waals surface area (Å²) in [6, 6.07) is 7.88. The van der Waals surface area contributed by atoms with Gasteiger partial charge in [-0.05, 0) is 36.3 Å². The molecular formula is C15H23ClN3S+. The van der Waals surface area contributed by atoms with Crippen molar-refractivity contribution in [2.75, 3.05) is 32.7 Å². The SMILES string of the molecule is CCC[NH+]1CCN(C(=S)NCc2ccc(Cl)cc2)CC1. The molecule has 0 aromatic heterocycles. The Kier molecular flexibility index (Phi) is 6.07. The van der Waals surface area contributed by atoms with E-state index >= 15 is 0 Å². The molecule has 1 aliphatic heterocycles. The topological polar surface area (TPSA) is 19.7 Å². The Morgan fingerprint density at radius 2 is 1.95 bits per heavy atom. The molecule has 110 valence electrons. The molecule has 0 amide bonds. The predicted molar refractivity (Wildman–Crippen MR) is 88.3 cm³/mol. The van der Waals surface area contributed by atoms with Crippen LogP contribution in [0.4, 0.5) is 0 Å². The van der Waals surface area contributed by atoms with Gasteiger partial charge in [0.2, 0.25) is 0 Å². The fraction of sp³-hybridized carbons (Fsp3) is 0.533. The first-order valence-corrected chi connectivity index (χ1v) is 8.08. The second kappa shape index (κ2) is 7.81. The Bertz CT molecular complexity index is 427. The van der Waals surface area contributed by atoms with Crippen LogP contribution in [0.5, 0.6) is 0 Å². The van der Waals surface area contributed by atoms with Gasteiger partial charge in [-0.1, -0.05) is 30.7 Å². The van der Waals surface area contributed by atoms with Crippen LogP contribution in [0.2, 0.25) is 5.02 Å². The van der Waals surface area contributed by atoms with Gasteiger partial charge < -0.3 is 15.1 Å². The van der Waals surface area contributed by atoms with Gasteiger partial charge in [0, 0.05) is 11.6 Å². The minimum Gasteiger partial charge on any atom is -0.358 e. The van der Waals surface area contributed by atoms with Gasteiger partial charge in [0.1, 0.15) is 0 Å². The predicted octanol–water partition coefficient (Wildman–Crippen LogP) is 1.33. The van der Waals surface area contributed by atoms with E-state index in [1.54, 1.807) is 4.90 Å². The van der Waals surface area contributed by atoms with E-state index in [0.717, 1.165) is 29.8 Å². The monoisotopic (exact) mass is 312 g/mol. The van der Waals surface area contributed by atoms with E-state index in [9.17, 15) is 0 Å². The molecule has 5 heteroatoms. The zero-order chi connectivity index (χ0) is 14.4. The van der Waals surface area contributed by atoms with Crippen LogP contribution in [0, 0.1) is 0 Å². The minimum atomic E-state index is 0.762.